The number of allylic oxidation sites excluding steroid dienone is 16. The van der Waals surface area contributed by atoms with E-state index in [1.165, 1.54) is 154 Å². The Morgan fingerprint density at radius 3 is 0.848 bits per heavy atom. The highest BCUT2D eigenvalue weighted by atomic mass is 31.2. The fourth-order valence-electron chi connectivity index (χ4n) is 10.8. The van der Waals surface area contributed by atoms with Gasteiger partial charge in [0, 0.05) is 19.3 Å². The molecule has 0 aromatic heterocycles. The van der Waals surface area contributed by atoms with Gasteiger partial charge < -0.3 is 34.2 Å². The minimum atomic E-state index is -4.92. The summed E-state index contributed by atoms with van der Waals surface area (Å²) in [7, 11) is -9.77. The Hall–Kier alpha value is -3.53. The summed E-state index contributed by atoms with van der Waals surface area (Å²) >= 11 is 0. The molecule has 0 bridgehead atoms. The average Bonchev–Trinajstić information content (AvgIpc) is 1.09. The van der Waals surface area contributed by atoms with Gasteiger partial charge in [-0.15, -0.1) is 0 Å². The second-order valence-corrected chi connectivity index (χ2v) is 29.4. The number of carbonyl (C=O) groups is 3. The number of esters is 3. The minimum absolute atomic E-state index is 0.105. The van der Waals surface area contributed by atoms with Crippen LogP contribution in [-0.2, 0) is 55.8 Å². The van der Waals surface area contributed by atoms with Crippen LogP contribution in [0.2, 0.25) is 0 Å². The van der Waals surface area contributed by atoms with Crippen molar-refractivity contribution in [2.75, 3.05) is 39.6 Å². The Bertz CT molecular complexity index is 2190. The van der Waals surface area contributed by atoms with Crippen molar-refractivity contribution < 1.29 is 75.8 Å². The third-order valence-electron chi connectivity index (χ3n) is 16.8. The van der Waals surface area contributed by atoms with Crippen molar-refractivity contribution in [3.8, 4) is 0 Å². The molecule has 0 rings (SSSR count). The first kappa shape index (κ1) is 95.5. The van der Waals surface area contributed by atoms with Gasteiger partial charge in [0.1, 0.15) is 25.4 Å². The molecule has 16 nitrogen and oxygen atoms in total. The second-order valence-electron chi connectivity index (χ2n) is 26.5. The van der Waals surface area contributed by atoms with Crippen LogP contribution >= 0.6 is 15.6 Å². The highest BCUT2D eigenvalue weighted by Gasteiger charge is 2.29. The number of unbranched alkanes of at least 4 members (excludes halogenated alkanes) is 36. The van der Waals surface area contributed by atoms with Crippen molar-refractivity contribution in [1.29, 1.82) is 0 Å². The standard InChI is InChI=1S/C81H144O16P2/c1-4-7-10-13-16-19-22-25-27-28-29-30-31-32-33-34-35-36-37-38-39-40-41-42-43-44-45-46-48-51-52-55-58-61-64-67-79(84)91-70-76(82)71-93-98(87,88)94-72-77(83)73-95-99(89,90)96-75-78(97-81(86)69-66-63-60-57-54-49-24-21-18-15-12-9-6-3)74-92-80(85)68-65-62-59-56-53-50-47-26-23-20-17-14-11-8-5-2/h7-8,10-11,16-17,19-20,25-27,29-30,32-33,47,76-78,82-83H,4-6,9,12-15,18,21-24,28,31,34-46,48-75H2,1-3H3,(H,87,88)(H,89,90)/b10-7-,11-8-,19-16-,20-17-,27-25-,30-29-,33-32-,47-26-. The summed E-state index contributed by atoms with van der Waals surface area (Å²) in [6.45, 7) is 2.47. The van der Waals surface area contributed by atoms with Gasteiger partial charge in [0.05, 0.1) is 26.4 Å². The Balaban J connectivity index is 4.31. The summed E-state index contributed by atoms with van der Waals surface area (Å²) in [6.07, 6.45) is 84.9. The summed E-state index contributed by atoms with van der Waals surface area (Å²) in [5, 5.41) is 20.6. The third-order valence-corrected chi connectivity index (χ3v) is 18.7. The predicted molar refractivity (Wildman–Crippen MR) is 408 cm³/mol. The monoisotopic (exact) mass is 1430 g/mol. The SMILES string of the molecule is CC/C=C\C/C=C\C/C=C\C/C=C\C/C=C\CCCCCCCCCCCCCCCCCCCCCC(=O)OCC(O)COP(=O)(O)OCC(O)COP(=O)(O)OCC(COC(=O)CCCCCCC/C=C\C/C=C\C/C=C\CC)OC(=O)CCCCCCCCCCCCCCC. The van der Waals surface area contributed by atoms with E-state index >= 15 is 0 Å². The first-order valence-corrected chi connectivity index (χ1v) is 42.5. The molecular weight excluding hydrogens is 1290 g/mol. The second kappa shape index (κ2) is 74.2. The topological polar surface area (TPSA) is 231 Å². The van der Waals surface area contributed by atoms with Gasteiger partial charge in [-0.05, 0) is 96.3 Å². The summed E-state index contributed by atoms with van der Waals surface area (Å²) in [4.78, 5) is 58.5. The normalized spacial score (nSPS) is 14.5. The number of hydrogen-bond acceptors (Lipinski definition) is 14. The van der Waals surface area contributed by atoms with Crippen LogP contribution in [0.1, 0.15) is 342 Å². The average molecular weight is 1440 g/mol. The number of aliphatic hydroxyl groups excluding tert-OH is 2. The van der Waals surface area contributed by atoms with Gasteiger partial charge in [-0.2, -0.15) is 0 Å². The lowest BCUT2D eigenvalue weighted by molar-refractivity contribution is -0.161. The van der Waals surface area contributed by atoms with Crippen molar-refractivity contribution in [3.63, 3.8) is 0 Å². The number of aliphatic hydroxyl groups is 2. The van der Waals surface area contributed by atoms with E-state index < -0.39 is 91.5 Å². The third kappa shape index (κ3) is 75.5. The van der Waals surface area contributed by atoms with Crippen LogP contribution in [0.3, 0.4) is 0 Å². The fraction of sp³-hybridized carbons (Fsp3) is 0.765. The number of phosphoric acid groups is 2. The quantitative estimate of drug-likeness (QED) is 0.0146. The molecule has 0 fully saturated rings. The maximum atomic E-state index is 12.9. The summed E-state index contributed by atoms with van der Waals surface area (Å²) in [6, 6.07) is 0. The smallest absolute Gasteiger partial charge is 0.463 e. The van der Waals surface area contributed by atoms with Gasteiger partial charge in [-0.25, -0.2) is 9.13 Å². The van der Waals surface area contributed by atoms with Crippen LogP contribution in [0.4, 0.5) is 0 Å². The first-order chi connectivity index (χ1) is 48.2. The summed E-state index contributed by atoms with van der Waals surface area (Å²) in [5.41, 5.74) is 0. The highest BCUT2D eigenvalue weighted by Crippen LogP contribution is 2.45. The molecule has 5 unspecified atom stereocenters. The molecule has 18 heteroatoms. The zero-order valence-corrected chi connectivity index (χ0v) is 64.4. The van der Waals surface area contributed by atoms with Crippen LogP contribution in [0.15, 0.2) is 97.2 Å². The van der Waals surface area contributed by atoms with E-state index in [2.05, 4.69) is 118 Å². The maximum Gasteiger partial charge on any atom is 0.472 e. The predicted octanol–water partition coefficient (Wildman–Crippen LogP) is 23.0. The van der Waals surface area contributed by atoms with Crippen LogP contribution in [0.5, 0.6) is 0 Å². The van der Waals surface area contributed by atoms with E-state index in [9.17, 15) is 43.5 Å². The van der Waals surface area contributed by atoms with Crippen LogP contribution in [-0.4, -0.2) is 95.9 Å². The van der Waals surface area contributed by atoms with Crippen molar-refractivity contribution in [2.24, 2.45) is 0 Å². The molecule has 0 amide bonds. The maximum absolute atomic E-state index is 12.9. The summed E-state index contributed by atoms with van der Waals surface area (Å²) < 4.78 is 61.0. The molecule has 0 aromatic rings. The molecule has 0 aliphatic rings. The van der Waals surface area contributed by atoms with Gasteiger partial charge in [-0.3, -0.25) is 32.5 Å². The molecule has 0 aromatic carbocycles. The zero-order valence-electron chi connectivity index (χ0n) is 62.6. The molecule has 0 radical (unpaired) electrons. The van der Waals surface area contributed by atoms with Crippen molar-refractivity contribution in [3.05, 3.63) is 97.2 Å². The molecule has 0 spiro atoms. The van der Waals surface area contributed by atoms with E-state index in [0.717, 1.165) is 128 Å². The highest BCUT2D eigenvalue weighted by molar-refractivity contribution is 7.47. The van der Waals surface area contributed by atoms with E-state index in [4.69, 9.17) is 32.3 Å². The molecule has 0 aliphatic heterocycles. The minimum Gasteiger partial charge on any atom is -0.463 e. The van der Waals surface area contributed by atoms with Gasteiger partial charge >= 0.3 is 33.6 Å². The van der Waals surface area contributed by atoms with Gasteiger partial charge in [0.15, 0.2) is 6.10 Å². The zero-order chi connectivity index (χ0) is 72.3. The molecule has 4 N–H and O–H groups in total. The summed E-state index contributed by atoms with van der Waals surface area (Å²) in [5.74, 6) is -1.58. The van der Waals surface area contributed by atoms with E-state index in [-0.39, 0.29) is 19.3 Å². The fourth-order valence-corrected chi connectivity index (χ4v) is 12.4. The van der Waals surface area contributed by atoms with Gasteiger partial charge in [-0.1, -0.05) is 323 Å². The number of rotatable bonds is 75. The Kier molecular flexibility index (Phi) is 71.6. The molecule has 0 saturated carbocycles. The number of hydrogen-bond donors (Lipinski definition) is 4. The molecule has 0 aliphatic carbocycles. The van der Waals surface area contributed by atoms with Gasteiger partial charge in [0.25, 0.3) is 0 Å². The first-order valence-electron chi connectivity index (χ1n) is 39.5. The lowest BCUT2D eigenvalue weighted by atomic mass is 10.0. The van der Waals surface area contributed by atoms with Crippen molar-refractivity contribution in [2.45, 2.75) is 360 Å². The van der Waals surface area contributed by atoms with Crippen LogP contribution in [0.25, 0.3) is 0 Å². The molecule has 574 valence electrons. The largest absolute Gasteiger partial charge is 0.472 e. The van der Waals surface area contributed by atoms with Crippen LogP contribution < -0.4 is 0 Å². The molecular formula is C81H144O16P2. The molecule has 5 atom stereocenters. The molecule has 0 saturated heterocycles. The Labute approximate surface area is 603 Å². The molecule has 0 heterocycles. The van der Waals surface area contributed by atoms with Crippen LogP contribution in [0, 0.1) is 0 Å². The van der Waals surface area contributed by atoms with E-state index in [0.29, 0.717) is 19.3 Å². The Morgan fingerprint density at radius 2 is 0.535 bits per heavy atom. The number of carbonyl (C=O) groups excluding carboxylic acids is 3. The number of ether oxygens (including phenoxy) is 3. The van der Waals surface area contributed by atoms with Crippen molar-refractivity contribution >= 4 is 33.6 Å². The lowest BCUT2D eigenvalue weighted by Crippen LogP contribution is -2.30. The lowest BCUT2D eigenvalue weighted by Gasteiger charge is -2.21. The van der Waals surface area contributed by atoms with Gasteiger partial charge in [0.2, 0.25) is 0 Å². The Morgan fingerprint density at radius 1 is 0.293 bits per heavy atom. The number of phosphoric ester groups is 2. The van der Waals surface area contributed by atoms with Crippen molar-refractivity contribution in [1.82, 2.24) is 0 Å². The van der Waals surface area contributed by atoms with E-state index in [1.807, 2.05) is 0 Å². The molecule has 99 heavy (non-hydrogen) atoms. The van der Waals surface area contributed by atoms with E-state index in [1.54, 1.807) is 0 Å².